The van der Waals surface area contributed by atoms with E-state index in [0.29, 0.717) is 32.7 Å². The van der Waals surface area contributed by atoms with Crippen LogP contribution in [0, 0.1) is 0 Å². The van der Waals surface area contributed by atoms with Crippen LogP contribution in [0.25, 0.3) is 6.08 Å². The molecule has 3 heterocycles. The van der Waals surface area contributed by atoms with Crippen LogP contribution in [-0.2, 0) is 16.1 Å². The Morgan fingerprint density at radius 3 is 2.61 bits per heavy atom. The Hall–Kier alpha value is -2.94. The highest BCUT2D eigenvalue weighted by molar-refractivity contribution is 7.99. The van der Waals surface area contributed by atoms with E-state index in [4.69, 9.17) is 0 Å². The van der Waals surface area contributed by atoms with Crippen LogP contribution in [0.1, 0.15) is 30.9 Å². The van der Waals surface area contributed by atoms with Crippen molar-refractivity contribution in [2.24, 2.45) is 0 Å². The number of amides is 2. The van der Waals surface area contributed by atoms with Crippen molar-refractivity contribution in [2.75, 3.05) is 36.8 Å². The maximum Gasteiger partial charge on any atom is 0.232 e. The predicted octanol–water partition coefficient (Wildman–Crippen LogP) is 2.37. The summed E-state index contributed by atoms with van der Waals surface area (Å²) in [5, 5.41) is 3.72. The minimum absolute atomic E-state index is 0.145. The number of thioether (sulfide) groups is 1. The highest BCUT2D eigenvalue weighted by Gasteiger charge is 2.25. The fourth-order valence-electron chi connectivity index (χ4n) is 3.30. The maximum atomic E-state index is 12.5. The van der Waals surface area contributed by atoms with Crippen LogP contribution in [0.3, 0.4) is 0 Å². The third-order valence-electron chi connectivity index (χ3n) is 4.96. The molecule has 0 radical (unpaired) electrons. The lowest BCUT2D eigenvalue weighted by Crippen LogP contribution is -2.50. The number of nitrogens with zero attached hydrogens (tertiary/aromatic N) is 5. The van der Waals surface area contributed by atoms with Crippen molar-refractivity contribution in [3.05, 3.63) is 48.6 Å². The second kappa shape index (κ2) is 11.5. The zero-order valence-electron chi connectivity index (χ0n) is 17.8. The lowest BCUT2D eigenvalue weighted by molar-refractivity contribution is -0.136. The van der Waals surface area contributed by atoms with Gasteiger partial charge in [-0.25, -0.2) is 9.97 Å². The minimum atomic E-state index is -0.272. The summed E-state index contributed by atoms with van der Waals surface area (Å²) in [6.45, 7) is 8.87. The number of carbonyl (C=O) groups excluding carboxylic acids is 2. The molecule has 2 aromatic rings. The van der Waals surface area contributed by atoms with Gasteiger partial charge in [0.05, 0.1) is 0 Å². The number of hydrogen-bond acceptors (Lipinski definition) is 7. The number of rotatable bonds is 9. The Bertz CT molecular complexity index is 900. The summed E-state index contributed by atoms with van der Waals surface area (Å²) in [4.78, 5) is 41.4. The van der Waals surface area contributed by atoms with Crippen LogP contribution < -0.4 is 10.2 Å². The van der Waals surface area contributed by atoms with E-state index in [1.165, 1.54) is 0 Å². The van der Waals surface area contributed by atoms with Gasteiger partial charge in [-0.15, -0.1) is 11.8 Å². The molecule has 8 nitrogen and oxygen atoms in total. The van der Waals surface area contributed by atoms with Gasteiger partial charge < -0.3 is 15.1 Å². The first kappa shape index (κ1) is 22.7. The highest BCUT2D eigenvalue weighted by atomic mass is 32.2. The number of carbonyl (C=O) groups is 2. The summed E-state index contributed by atoms with van der Waals surface area (Å²) < 4.78 is 0. The number of pyridine rings is 1. The molecule has 1 aliphatic rings. The van der Waals surface area contributed by atoms with Crippen molar-refractivity contribution in [3.63, 3.8) is 0 Å². The van der Waals surface area contributed by atoms with Gasteiger partial charge in [0, 0.05) is 50.7 Å². The fourth-order valence-corrected chi connectivity index (χ4v) is 4.14. The Kier molecular flexibility index (Phi) is 8.40. The van der Waals surface area contributed by atoms with Crippen LogP contribution in [0.4, 0.5) is 5.82 Å². The van der Waals surface area contributed by atoms with Gasteiger partial charge in [-0.2, -0.15) is 0 Å². The Morgan fingerprint density at radius 2 is 1.94 bits per heavy atom. The Labute approximate surface area is 187 Å². The van der Waals surface area contributed by atoms with Crippen LogP contribution in [0.5, 0.6) is 0 Å². The largest absolute Gasteiger partial charge is 0.352 e. The van der Waals surface area contributed by atoms with Crippen LogP contribution in [-0.4, -0.2) is 63.6 Å². The number of aromatic nitrogens is 3. The molecule has 2 aromatic heterocycles. The van der Waals surface area contributed by atoms with Crippen LogP contribution >= 0.6 is 11.8 Å². The van der Waals surface area contributed by atoms with Gasteiger partial charge >= 0.3 is 0 Å². The van der Waals surface area contributed by atoms with Crippen molar-refractivity contribution < 1.29 is 9.59 Å². The Balaban J connectivity index is 1.51. The zero-order chi connectivity index (χ0) is 22.1. The topological polar surface area (TPSA) is 91.3 Å². The fraction of sp³-hybridized carbons (Fsp3) is 0.409. The molecule has 0 bridgehead atoms. The van der Waals surface area contributed by atoms with Gasteiger partial charge in [-0.05, 0) is 29.9 Å². The minimum Gasteiger partial charge on any atom is -0.352 e. The van der Waals surface area contributed by atoms with E-state index in [1.807, 2.05) is 12.1 Å². The molecule has 0 spiro atoms. The quantitative estimate of drug-likeness (QED) is 0.364. The molecule has 3 rings (SSSR count). The number of piperazine rings is 1. The van der Waals surface area contributed by atoms with Gasteiger partial charge in [-0.1, -0.05) is 19.6 Å². The first-order valence-corrected chi connectivity index (χ1v) is 11.4. The molecule has 0 saturated carbocycles. The van der Waals surface area contributed by atoms with E-state index in [9.17, 15) is 9.59 Å². The standard InChI is InChI=1S/C22H28N6O2S/c1-3-13-31-22-18(4-2)21(25-16-26-22)28-11-9-27(10-12-28)20(30)14-19(29)24-15-17-5-7-23-8-6-17/h4-8,16H,2-3,9-15H2,1H3,(H,24,29). The van der Waals surface area contributed by atoms with E-state index in [0.717, 1.165) is 34.1 Å². The zero-order valence-corrected chi connectivity index (χ0v) is 18.6. The van der Waals surface area contributed by atoms with E-state index >= 15 is 0 Å². The lowest BCUT2D eigenvalue weighted by Gasteiger charge is -2.36. The van der Waals surface area contributed by atoms with Gasteiger partial charge in [-0.3, -0.25) is 14.6 Å². The third kappa shape index (κ3) is 6.27. The molecule has 31 heavy (non-hydrogen) atoms. The van der Waals surface area contributed by atoms with Gasteiger partial charge in [0.1, 0.15) is 23.6 Å². The summed E-state index contributed by atoms with van der Waals surface area (Å²) in [7, 11) is 0. The monoisotopic (exact) mass is 440 g/mol. The summed E-state index contributed by atoms with van der Waals surface area (Å²) in [5.41, 5.74) is 1.89. The van der Waals surface area contributed by atoms with Crippen molar-refractivity contribution in [1.82, 2.24) is 25.2 Å². The van der Waals surface area contributed by atoms with Crippen molar-refractivity contribution in [2.45, 2.75) is 31.3 Å². The SMILES string of the molecule is C=Cc1c(SCCC)ncnc1N1CCN(C(=O)CC(=O)NCc2ccncc2)CC1. The molecule has 9 heteroatoms. The molecule has 164 valence electrons. The average Bonchev–Trinajstić information content (AvgIpc) is 2.81. The molecule has 1 aliphatic heterocycles. The first-order valence-electron chi connectivity index (χ1n) is 10.4. The maximum absolute atomic E-state index is 12.5. The average molecular weight is 441 g/mol. The number of anilines is 1. The molecule has 2 amide bonds. The van der Waals surface area contributed by atoms with Gasteiger partial charge in [0.25, 0.3) is 0 Å². The van der Waals surface area contributed by atoms with E-state index in [1.54, 1.807) is 41.5 Å². The molecule has 1 fully saturated rings. The van der Waals surface area contributed by atoms with Gasteiger partial charge in [0.15, 0.2) is 0 Å². The van der Waals surface area contributed by atoms with Crippen LogP contribution in [0.2, 0.25) is 0 Å². The molecule has 0 aliphatic carbocycles. The van der Waals surface area contributed by atoms with E-state index in [2.05, 4.69) is 38.7 Å². The molecular formula is C22H28N6O2S. The van der Waals surface area contributed by atoms with Crippen molar-refractivity contribution >= 4 is 35.5 Å². The molecule has 1 saturated heterocycles. The smallest absolute Gasteiger partial charge is 0.232 e. The molecule has 0 aromatic carbocycles. The molecular weight excluding hydrogens is 412 g/mol. The van der Waals surface area contributed by atoms with E-state index in [-0.39, 0.29) is 18.2 Å². The second-order valence-electron chi connectivity index (χ2n) is 7.15. The second-order valence-corrected chi connectivity index (χ2v) is 8.23. The Morgan fingerprint density at radius 1 is 1.19 bits per heavy atom. The summed E-state index contributed by atoms with van der Waals surface area (Å²) >= 11 is 1.70. The predicted molar refractivity (Wildman–Crippen MR) is 123 cm³/mol. The molecule has 0 atom stereocenters. The molecule has 1 N–H and O–H groups in total. The van der Waals surface area contributed by atoms with Gasteiger partial charge in [0.2, 0.25) is 11.8 Å². The lowest BCUT2D eigenvalue weighted by atomic mass is 10.2. The normalized spacial score (nSPS) is 13.7. The highest BCUT2D eigenvalue weighted by Crippen LogP contribution is 2.29. The summed E-state index contributed by atoms with van der Waals surface area (Å²) in [5.74, 6) is 1.41. The summed E-state index contributed by atoms with van der Waals surface area (Å²) in [6, 6.07) is 3.66. The van der Waals surface area contributed by atoms with Crippen LogP contribution in [0.15, 0.2) is 42.5 Å². The van der Waals surface area contributed by atoms with Crippen molar-refractivity contribution in [3.8, 4) is 0 Å². The molecule has 0 unspecified atom stereocenters. The van der Waals surface area contributed by atoms with E-state index < -0.39 is 0 Å². The van der Waals surface area contributed by atoms with Crippen molar-refractivity contribution in [1.29, 1.82) is 0 Å². The third-order valence-corrected chi connectivity index (χ3v) is 6.17. The first-order chi connectivity index (χ1) is 15.1. The summed E-state index contributed by atoms with van der Waals surface area (Å²) in [6.07, 6.45) is 7.66. The number of hydrogen-bond donors (Lipinski definition) is 1. The number of nitrogens with one attached hydrogen (secondary N) is 1.